The zero-order valence-electron chi connectivity index (χ0n) is 8.31. The van der Waals surface area contributed by atoms with Crippen LogP contribution < -0.4 is 5.73 Å². The van der Waals surface area contributed by atoms with Crippen molar-refractivity contribution in [1.82, 2.24) is 0 Å². The molecule has 1 amide bonds. The van der Waals surface area contributed by atoms with Gasteiger partial charge in [-0.25, -0.2) is 0 Å². The number of carbonyl (C=O) groups excluding carboxylic acids is 1. The van der Waals surface area contributed by atoms with E-state index in [1.807, 2.05) is 30.3 Å². The molecule has 1 heterocycles. The number of hydrogen-bond acceptors (Lipinski definition) is 3. The summed E-state index contributed by atoms with van der Waals surface area (Å²) in [7, 11) is 0. The van der Waals surface area contributed by atoms with Gasteiger partial charge in [0.05, 0.1) is 19.6 Å². The van der Waals surface area contributed by atoms with Gasteiger partial charge in [0.15, 0.2) is 0 Å². The van der Waals surface area contributed by atoms with Crippen molar-refractivity contribution in [3.8, 4) is 0 Å². The Labute approximate surface area is 88.0 Å². The van der Waals surface area contributed by atoms with Gasteiger partial charge in [-0.05, 0) is 0 Å². The lowest BCUT2D eigenvalue weighted by molar-refractivity contribution is -0.175. The fourth-order valence-corrected chi connectivity index (χ4v) is 1.75. The van der Waals surface area contributed by atoms with Crippen molar-refractivity contribution in [2.75, 3.05) is 13.2 Å². The van der Waals surface area contributed by atoms with Crippen molar-refractivity contribution in [3.63, 3.8) is 0 Å². The molecule has 0 spiro atoms. The molecule has 80 valence electrons. The molecular weight excluding hydrogens is 194 g/mol. The molecule has 1 aromatic rings. The number of primary amides is 1. The molecule has 0 aliphatic carbocycles. The molecule has 4 heteroatoms. The Hall–Kier alpha value is -1.39. The molecule has 0 aromatic heterocycles. The number of rotatable bonds is 3. The molecule has 0 atom stereocenters. The third-order valence-corrected chi connectivity index (χ3v) is 2.37. The Balaban J connectivity index is 2.30. The molecule has 15 heavy (non-hydrogen) atoms. The van der Waals surface area contributed by atoms with Gasteiger partial charge in [0.2, 0.25) is 11.7 Å². The van der Waals surface area contributed by atoms with Crippen LogP contribution in [-0.2, 0) is 20.1 Å². The summed E-state index contributed by atoms with van der Waals surface area (Å²) in [6, 6.07) is 9.39. The smallest absolute Gasteiger partial charge is 0.223 e. The van der Waals surface area contributed by atoms with Crippen LogP contribution in [0.3, 0.4) is 0 Å². The largest absolute Gasteiger partial charge is 0.369 e. The Bertz CT molecular complexity index is 344. The first-order valence-corrected chi connectivity index (χ1v) is 4.85. The lowest BCUT2D eigenvalue weighted by Crippen LogP contribution is -2.33. The highest BCUT2D eigenvalue weighted by Gasteiger charge is 2.39. The normalized spacial score (nSPS) is 18.9. The molecule has 1 fully saturated rings. The molecule has 0 bridgehead atoms. The van der Waals surface area contributed by atoms with Gasteiger partial charge in [0.25, 0.3) is 0 Å². The second kappa shape index (κ2) is 4.00. The number of carbonyl (C=O) groups is 1. The minimum atomic E-state index is -0.965. The van der Waals surface area contributed by atoms with E-state index in [1.54, 1.807) is 0 Å². The quantitative estimate of drug-likeness (QED) is 0.796. The summed E-state index contributed by atoms with van der Waals surface area (Å²) in [5, 5.41) is 0. The van der Waals surface area contributed by atoms with Crippen LogP contribution >= 0.6 is 0 Å². The molecule has 0 radical (unpaired) electrons. The summed E-state index contributed by atoms with van der Waals surface area (Å²) in [4.78, 5) is 11.0. The fraction of sp³-hybridized carbons (Fsp3) is 0.364. The summed E-state index contributed by atoms with van der Waals surface area (Å²) in [5.41, 5.74) is 6.03. The van der Waals surface area contributed by atoms with E-state index in [1.165, 1.54) is 0 Å². The van der Waals surface area contributed by atoms with E-state index < -0.39 is 11.7 Å². The number of nitrogens with two attached hydrogens (primary N) is 1. The van der Waals surface area contributed by atoms with Crippen molar-refractivity contribution < 1.29 is 14.3 Å². The molecule has 0 unspecified atom stereocenters. The predicted molar refractivity (Wildman–Crippen MR) is 53.8 cm³/mol. The summed E-state index contributed by atoms with van der Waals surface area (Å²) in [5.74, 6) is -1.40. The van der Waals surface area contributed by atoms with E-state index in [-0.39, 0.29) is 6.42 Å². The third-order valence-electron chi connectivity index (χ3n) is 2.37. The van der Waals surface area contributed by atoms with Gasteiger partial charge in [0.1, 0.15) is 0 Å². The number of benzene rings is 1. The van der Waals surface area contributed by atoms with Crippen LogP contribution in [0.15, 0.2) is 30.3 Å². The van der Waals surface area contributed by atoms with Crippen LogP contribution in [-0.4, -0.2) is 19.1 Å². The van der Waals surface area contributed by atoms with Crippen LogP contribution in [0.4, 0.5) is 0 Å². The second-order valence-corrected chi connectivity index (χ2v) is 3.46. The van der Waals surface area contributed by atoms with Crippen molar-refractivity contribution in [2.24, 2.45) is 5.73 Å². The van der Waals surface area contributed by atoms with Gasteiger partial charge in [-0.15, -0.1) is 0 Å². The molecule has 1 aliphatic heterocycles. The minimum absolute atomic E-state index is 0.0526. The Morgan fingerprint density at radius 3 is 2.40 bits per heavy atom. The standard InChI is InChI=1S/C11H13NO3/c12-10(13)8-11(14-6-7-15-11)9-4-2-1-3-5-9/h1-5H,6-8H2,(H2,12,13). The molecular formula is C11H13NO3. The molecule has 2 N–H and O–H groups in total. The van der Waals surface area contributed by atoms with Crippen LogP contribution in [0.5, 0.6) is 0 Å². The van der Waals surface area contributed by atoms with Gasteiger partial charge in [-0.2, -0.15) is 0 Å². The number of ether oxygens (including phenoxy) is 2. The lowest BCUT2D eigenvalue weighted by Gasteiger charge is -2.26. The van der Waals surface area contributed by atoms with E-state index >= 15 is 0 Å². The topological polar surface area (TPSA) is 61.6 Å². The highest BCUT2D eigenvalue weighted by Crippen LogP contribution is 2.34. The maximum absolute atomic E-state index is 11.0. The fourth-order valence-electron chi connectivity index (χ4n) is 1.75. The first-order chi connectivity index (χ1) is 7.23. The molecule has 0 saturated carbocycles. The van der Waals surface area contributed by atoms with Gasteiger partial charge >= 0.3 is 0 Å². The van der Waals surface area contributed by atoms with Crippen LogP contribution in [0.1, 0.15) is 12.0 Å². The SMILES string of the molecule is NC(=O)CC1(c2ccccc2)OCCO1. The maximum Gasteiger partial charge on any atom is 0.223 e. The van der Waals surface area contributed by atoms with Crippen LogP contribution in [0.25, 0.3) is 0 Å². The number of amides is 1. The lowest BCUT2D eigenvalue weighted by atomic mass is 10.0. The zero-order valence-corrected chi connectivity index (χ0v) is 8.31. The predicted octanol–water partition coefficient (Wildman–Crippen LogP) is 0.762. The van der Waals surface area contributed by atoms with Crippen molar-refractivity contribution >= 4 is 5.91 Å². The molecule has 4 nitrogen and oxygen atoms in total. The Kier molecular flexibility index (Phi) is 2.70. The monoisotopic (exact) mass is 207 g/mol. The van der Waals surface area contributed by atoms with Crippen LogP contribution in [0, 0.1) is 0 Å². The summed E-state index contributed by atoms with van der Waals surface area (Å²) < 4.78 is 11.0. The average Bonchev–Trinajstić information content (AvgIpc) is 2.68. The van der Waals surface area contributed by atoms with Gasteiger partial charge in [-0.3, -0.25) is 4.79 Å². The zero-order chi connectivity index (χ0) is 10.7. The third kappa shape index (κ3) is 2.00. The van der Waals surface area contributed by atoms with Gasteiger partial charge < -0.3 is 15.2 Å². The minimum Gasteiger partial charge on any atom is -0.369 e. The van der Waals surface area contributed by atoms with Crippen molar-refractivity contribution in [1.29, 1.82) is 0 Å². The molecule has 1 aliphatic rings. The average molecular weight is 207 g/mol. The van der Waals surface area contributed by atoms with E-state index in [2.05, 4.69) is 0 Å². The first kappa shape index (κ1) is 10.1. The number of hydrogen-bond donors (Lipinski definition) is 1. The molecule has 1 saturated heterocycles. The van der Waals surface area contributed by atoms with Crippen molar-refractivity contribution in [3.05, 3.63) is 35.9 Å². The van der Waals surface area contributed by atoms with E-state index in [0.29, 0.717) is 13.2 Å². The summed E-state index contributed by atoms with van der Waals surface area (Å²) >= 11 is 0. The van der Waals surface area contributed by atoms with Gasteiger partial charge in [0, 0.05) is 5.56 Å². The summed E-state index contributed by atoms with van der Waals surface area (Å²) in [6.45, 7) is 0.977. The Morgan fingerprint density at radius 2 is 1.87 bits per heavy atom. The van der Waals surface area contributed by atoms with E-state index in [4.69, 9.17) is 15.2 Å². The van der Waals surface area contributed by atoms with Gasteiger partial charge in [-0.1, -0.05) is 30.3 Å². The molecule has 1 aromatic carbocycles. The Morgan fingerprint density at radius 1 is 1.27 bits per heavy atom. The second-order valence-electron chi connectivity index (χ2n) is 3.46. The van der Waals surface area contributed by atoms with E-state index in [0.717, 1.165) is 5.56 Å². The van der Waals surface area contributed by atoms with E-state index in [9.17, 15) is 4.79 Å². The van der Waals surface area contributed by atoms with Crippen LogP contribution in [0.2, 0.25) is 0 Å². The highest BCUT2D eigenvalue weighted by atomic mass is 16.7. The summed E-state index contributed by atoms with van der Waals surface area (Å²) in [6.07, 6.45) is 0.0526. The first-order valence-electron chi connectivity index (χ1n) is 4.85. The molecule has 2 rings (SSSR count). The maximum atomic E-state index is 11.0. The van der Waals surface area contributed by atoms with Crippen molar-refractivity contribution in [2.45, 2.75) is 12.2 Å². The highest BCUT2D eigenvalue weighted by molar-refractivity contribution is 5.75.